The van der Waals surface area contributed by atoms with Crippen molar-refractivity contribution in [2.24, 2.45) is 5.73 Å². The molecule has 0 saturated carbocycles. The van der Waals surface area contributed by atoms with E-state index in [1.807, 2.05) is 22.5 Å². The van der Waals surface area contributed by atoms with Crippen LogP contribution in [0.2, 0.25) is 0 Å². The average Bonchev–Trinajstić information content (AvgIpc) is 3.16. The zero-order valence-electron chi connectivity index (χ0n) is 12.1. The zero-order valence-corrected chi connectivity index (χ0v) is 12.1. The van der Waals surface area contributed by atoms with Crippen LogP contribution in [0.1, 0.15) is 28.4 Å². The fourth-order valence-corrected chi connectivity index (χ4v) is 2.73. The van der Waals surface area contributed by atoms with Crippen molar-refractivity contribution < 1.29 is 4.79 Å². The Bertz CT molecular complexity index is 631. The van der Waals surface area contributed by atoms with Gasteiger partial charge in [0.1, 0.15) is 0 Å². The number of aromatic nitrogens is 4. The molecule has 7 heteroatoms. The van der Waals surface area contributed by atoms with Gasteiger partial charge in [0.2, 0.25) is 0 Å². The summed E-state index contributed by atoms with van der Waals surface area (Å²) < 4.78 is 3.83. The van der Waals surface area contributed by atoms with Gasteiger partial charge in [-0.15, -0.1) is 0 Å². The molecule has 0 aliphatic carbocycles. The maximum absolute atomic E-state index is 11.1. The van der Waals surface area contributed by atoms with E-state index < -0.39 is 5.91 Å². The molecule has 0 spiro atoms. The van der Waals surface area contributed by atoms with Gasteiger partial charge in [-0.05, 0) is 18.9 Å². The highest BCUT2D eigenvalue weighted by Gasteiger charge is 2.24. The normalized spacial score (nSPS) is 19.2. The lowest BCUT2D eigenvalue weighted by atomic mass is 10.3. The first-order chi connectivity index (χ1) is 10.1. The van der Waals surface area contributed by atoms with Gasteiger partial charge >= 0.3 is 0 Å². The number of carbonyl (C=O) groups excluding carboxylic acids is 1. The molecule has 1 saturated heterocycles. The van der Waals surface area contributed by atoms with Crippen LogP contribution in [-0.4, -0.2) is 50.0 Å². The summed E-state index contributed by atoms with van der Waals surface area (Å²) in [7, 11) is 0. The molecule has 112 valence electrons. The first kappa shape index (κ1) is 13.8. The summed E-state index contributed by atoms with van der Waals surface area (Å²) in [5.41, 5.74) is 6.91. The Labute approximate surface area is 123 Å². The van der Waals surface area contributed by atoms with Gasteiger partial charge in [-0.3, -0.25) is 19.1 Å². The van der Waals surface area contributed by atoms with Crippen LogP contribution < -0.4 is 5.73 Å². The number of nitrogens with two attached hydrogens (primary N) is 1. The monoisotopic (exact) mass is 288 g/mol. The summed E-state index contributed by atoms with van der Waals surface area (Å²) in [6.45, 7) is 5.90. The van der Waals surface area contributed by atoms with Crippen molar-refractivity contribution in [3.8, 4) is 0 Å². The van der Waals surface area contributed by atoms with Gasteiger partial charge in [-0.25, -0.2) is 0 Å². The van der Waals surface area contributed by atoms with Gasteiger partial charge in [0.25, 0.3) is 5.91 Å². The Kier molecular flexibility index (Phi) is 3.74. The number of nitrogens with zero attached hydrogens (tertiary/aromatic N) is 5. The highest BCUT2D eigenvalue weighted by molar-refractivity contribution is 5.92. The molecule has 1 aliphatic heterocycles. The Balaban J connectivity index is 1.53. The summed E-state index contributed by atoms with van der Waals surface area (Å²) in [5, 5.41) is 8.54. The fourth-order valence-electron chi connectivity index (χ4n) is 2.73. The van der Waals surface area contributed by atoms with Crippen molar-refractivity contribution in [2.45, 2.75) is 25.9 Å². The predicted octanol–water partition coefficient (Wildman–Crippen LogP) is 0.434. The van der Waals surface area contributed by atoms with E-state index in [1.165, 1.54) is 11.8 Å². The van der Waals surface area contributed by atoms with Crippen molar-refractivity contribution in [1.82, 2.24) is 24.5 Å². The van der Waals surface area contributed by atoms with Crippen LogP contribution in [0.25, 0.3) is 0 Å². The molecule has 2 N–H and O–H groups in total. The topological polar surface area (TPSA) is 82.0 Å². The molecule has 2 aromatic rings. The molecule has 2 aromatic heterocycles. The first-order valence-corrected chi connectivity index (χ1v) is 7.17. The summed E-state index contributed by atoms with van der Waals surface area (Å²) in [6, 6.07) is 0.317. The average molecular weight is 288 g/mol. The number of hydrogen-bond acceptors (Lipinski definition) is 4. The maximum atomic E-state index is 11.1. The van der Waals surface area contributed by atoms with E-state index in [0.717, 1.165) is 32.6 Å². The van der Waals surface area contributed by atoms with Crippen LogP contribution >= 0.6 is 0 Å². The molecule has 0 aromatic carbocycles. The first-order valence-electron chi connectivity index (χ1n) is 7.17. The van der Waals surface area contributed by atoms with Crippen molar-refractivity contribution in [3.05, 3.63) is 35.9 Å². The molecular formula is C14H20N6O. The van der Waals surface area contributed by atoms with E-state index in [-0.39, 0.29) is 0 Å². The van der Waals surface area contributed by atoms with Gasteiger partial charge < -0.3 is 5.73 Å². The number of hydrogen-bond donors (Lipinski definition) is 1. The van der Waals surface area contributed by atoms with E-state index in [4.69, 9.17) is 5.73 Å². The van der Waals surface area contributed by atoms with Crippen LogP contribution in [0.4, 0.5) is 0 Å². The molecule has 1 atom stereocenters. The van der Waals surface area contributed by atoms with Crippen LogP contribution in [-0.2, 0) is 6.54 Å². The number of likely N-dealkylation sites (tertiary alicyclic amines) is 1. The Morgan fingerprint density at radius 2 is 2.19 bits per heavy atom. The lowest BCUT2D eigenvalue weighted by Crippen LogP contribution is -2.26. The number of amides is 1. The van der Waals surface area contributed by atoms with Crippen LogP contribution in [0, 0.1) is 6.92 Å². The summed E-state index contributed by atoms with van der Waals surface area (Å²) in [4.78, 5) is 13.5. The minimum Gasteiger partial charge on any atom is -0.366 e. The van der Waals surface area contributed by atoms with Gasteiger partial charge in [0.15, 0.2) is 0 Å². The van der Waals surface area contributed by atoms with Gasteiger partial charge in [0.05, 0.1) is 30.5 Å². The lowest BCUT2D eigenvalue weighted by molar-refractivity contribution is 0.1000. The summed E-state index contributed by atoms with van der Waals surface area (Å²) >= 11 is 0. The standard InChI is InChI=1S/C14H20N6O/c1-11-6-16-19(8-11)5-4-18-3-2-13(10-18)20-9-12(7-17-20)14(15)21/h6-9,13H,2-5,10H2,1H3,(H2,15,21). The molecule has 3 rings (SSSR count). The molecular weight excluding hydrogens is 268 g/mol. The van der Waals surface area contributed by atoms with Gasteiger partial charge in [0, 0.05) is 32.0 Å². The molecule has 1 unspecified atom stereocenters. The second-order valence-corrected chi connectivity index (χ2v) is 5.60. The van der Waals surface area contributed by atoms with Crippen LogP contribution in [0.3, 0.4) is 0 Å². The third-order valence-electron chi connectivity index (χ3n) is 3.92. The SMILES string of the molecule is Cc1cnn(CCN2CCC(n3cc(C(N)=O)cn3)C2)c1. The second kappa shape index (κ2) is 5.69. The molecule has 0 bridgehead atoms. The number of primary amides is 1. The molecule has 21 heavy (non-hydrogen) atoms. The second-order valence-electron chi connectivity index (χ2n) is 5.60. The van der Waals surface area contributed by atoms with Crippen molar-refractivity contribution in [1.29, 1.82) is 0 Å². The van der Waals surface area contributed by atoms with E-state index in [9.17, 15) is 4.79 Å². The minimum absolute atomic E-state index is 0.317. The van der Waals surface area contributed by atoms with Crippen molar-refractivity contribution >= 4 is 5.91 Å². The van der Waals surface area contributed by atoms with E-state index in [0.29, 0.717) is 11.6 Å². The summed E-state index contributed by atoms with van der Waals surface area (Å²) in [5.74, 6) is -0.426. The molecule has 7 nitrogen and oxygen atoms in total. The van der Waals surface area contributed by atoms with Crippen LogP contribution in [0.5, 0.6) is 0 Å². The molecule has 0 radical (unpaired) electrons. The molecule has 1 amide bonds. The van der Waals surface area contributed by atoms with E-state index in [1.54, 1.807) is 6.20 Å². The predicted molar refractivity (Wildman–Crippen MR) is 77.8 cm³/mol. The fraction of sp³-hybridized carbons (Fsp3) is 0.500. The quantitative estimate of drug-likeness (QED) is 0.865. The van der Waals surface area contributed by atoms with Crippen molar-refractivity contribution in [2.75, 3.05) is 19.6 Å². The molecule has 1 aliphatic rings. The van der Waals surface area contributed by atoms with E-state index >= 15 is 0 Å². The Morgan fingerprint density at radius 3 is 2.86 bits per heavy atom. The minimum atomic E-state index is -0.426. The zero-order chi connectivity index (χ0) is 14.8. The molecule has 1 fully saturated rings. The third kappa shape index (κ3) is 3.13. The number of carbonyl (C=O) groups is 1. The Hall–Kier alpha value is -2.15. The lowest BCUT2D eigenvalue weighted by Gasteiger charge is -2.16. The third-order valence-corrected chi connectivity index (χ3v) is 3.92. The Morgan fingerprint density at radius 1 is 1.33 bits per heavy atom. The molecule has 3 heterocycles. The highest BCUT2D eigenvalue weighted by Crippen LogP contribution is 2.21. The summed E-state index contributed by atoms with van der Waals surface area (Å²) in [6.07, 6.45) is 8.25. The van der Waals surface area contributed by atoms with Gasteiger partial charge in [-0.2, -0.15) is 10.2 Å². The maximum Gasteiger partial charge on any atom is 0.251 e. The number of aryl methyl sites for hydroxylation is 1. The van der Waals surface area contributed by atoms with Crippen LogP contribution in [0.15, 0.2) is 24.8 Å². The number of rotatable bonds is 5. The largest absolute Gasteiger partial charge is 0.366 e. The smallest absolute Gasteiger partial charge is 0.251 e. The van der Waals surface area contributed by atoms with Crippen molar-refractivity contribution in [3.63, 3.8) is 0 Å². The van der Waals surface area contributed by atoms with E-state index in [2.05, 4.69) is 21.3 Å². The highest BCUT2D eigenvalue weighted by atomic mass is 16.1. The van der Waals surface area contributed by atoms with Gasteiger partial charge in [-0.1, -0.05) is 0 Å².